The summed E-state index contributed by atoms with van der Waals surface area (Å²) >= 11 is 0. The van der Waals surface area contributed by atoms with E-state index >= 15 is 0 Å². The summed E-state index contributed by atoms with van der Waals surface area (Å²) in [5.41, 5.74) is 1.91. The maximum absolute atomic E-state index is 13.5. The number of rotatable bonds is 2. The first kappa shape index (κ1) is 14.5. The van der Waals surface area contributed by atoms with Gasteiger partial charge >= 0.3 is 0 Å². The first-order valence-corrected chi connectivity index (χ1v) is 7.46. The molecule has 0 radical (unpaired) electrons. The van der Waals surface area contributed by atoms with Gasteiger partial charge in [-0.1, -0.05) is 29.0 Å². The highest BCUT2D eigenvalue weighted by Crippen LogP contribution is 2.34. The topological polar surface area (TPSA) is 65.3 Å². The number of hydrogen-bond acceptors (Lipinski definition) is 5. The number of aryl methyl sites for hydroxylation is 1. The molecular formula is C17H13FN4O2. The second-order valence-electron chi connectivity index (χ2n) is 5.77. The molecule has 0 bridgehead atoms. The fourth-order valence-corrected chi connectivity index (χ4v) is 2.94. The van der Waals surface area contributed by atoms with Crippen LogP contribution in [0.2, 0.25) is 0 Å². The maximum atomic E-state index is 13.5. The second-order valence-corrected chi connectivity index (χ2v) is 5.77. The van der Waals surface area contributed by atoms with Crippen LogP contribution in [-0.2, 0) is 9.59 Å². The molecule has 0 N–H and O–H groups in total. The Morgan fingerprint density at radius 3 is 2.46 bits per heavy atom. The van der Waals surface area contributed by atoms with E-state index in [1.807, 2.05) is 19.1 Å². The molecule has 4 rings (SSSR count). The number of halogens is 1. The van der Waals surface area contributed by atoms with Crippen LogP contribution in [0.5, 0.6) is 0 Å². The molecule has 1 fully saturated rings. The Labute approximate surface area is 137 Å². The summed E-state index contributed by atoms with van der Waals surface area (Å²) in [7, 11) is 0. The van der Waals surface area contributed by atoms with Crippen molar-refractivity contribution in [2.75, 3.05) is 9.91 Å². The van der Waals surface area contributed by atoms with Gasteiger partial charge in [-0.25, -0.2) is 14.3 Å². The lowest BCUT2D eigenvalue weighted by Crippen LogP contribution is -2.39. The molecule has 0 aromatic heterocycles. The van der Waals surface area contributed by atoms with Crippen LogP contribution >= 0.6 is 0 Å². The SMILES string of the molecule is Cc1ccc(N2C(=O)[C@H]3N=NN(c4cccc(F)c4)[C@@H]3C2=O)cc1. The highest BCUT2D eigenvalue weighted by molar-refractivity contribution is 6.26. The molecule has 7 heteroatoms. The third kappa shape index (κ3) is 2.09. The van der Waals surface area contributed by atoms with Crippen LogP contribution in [0.3, 0.4) is 0 Å². The summed E-state index contributed by atoms with van der Waals surface area (Å²) in [6.45, 7) is 1.92. The molecule has 0 aliphatic carbocycles. The van der Waals surface area contributed by atoms with Crippen LogP contribution in [0.25, 0.3) is 0 Å². The van der Waals surface area contributed by atoms with Gasteiger partial charge in [-0.15, -0.1) is 0 Å². The van der Waals surface area contributed by atoms with Crippen molar-refractivity contribution in [3.63, 3.8) is 0 Å². The van der Waals surface area contributed by atoms with Crippen LogP contribution in [0.15, 0.2) is 58.9 Å². The van der Waals surface area contributed by atoms with E-state index in [2.05, 4.69) is 10.3 Å². The molecule has 0 unspecified atom stereocenters. The zero-order valence-corrected chi connectivity index (χ0v) is 12.8. The monoisotopic (exact) mass is 324 g/mol. The largest absolute Gasteiger partial charge is 0.271 e. The summed E-state index contributed by atoms with van der Waals surface area (Å²) in [6.07, 6.45) is 0. The molecular weight excluding hydrogens is 311 g/mol. The minimum absolute atomic E-state index is 0.387. The standard InChI is InChI=1S/C17H13FN4O2/c1-10-5-7-12(8-6-10)21-16(23)14-15(17(21)24)22(20-19-14)13-4-2-3-11(18)9-13/h2-9,14-15H,1H3/t14-,15-/m0/s1. The van der Waals surface area contributed by atoms with Crippen LogP contribution in [0, 0.1) is 12.7 Å². The van der Waals surface area contributed by atoms with Crippen molar-refractivity contribution < 1.29 is 14.0 Å². The minimum atomic E-state index is -0.901. The molecule has 2 aromatic rings. The number of hydrogen-bond donors (Lipinski definition) is 0. The first-order valence-electron chi connectivity index (χ1n) is 7.46. The van der Waals surface area contributed by atoms with Crippen molar-refractivity contribution in [1.82, 2.24) is 0 Å². The lowest BCUT2D eigenvalue weighted by atomic mass is 10.1. The summed E-state index contributed by atoms with van der Waals surface area (Å²) in [6, 6.07) is 11.0. The fraction of sp³-hybridized carbons (Fsp3) is 0.176. The number of benzene rings is 2. The van der Waals surface area contributed by atoms with Crippen LogP contribution in [-0.4, -0.2) is 23.9 Å². The van der Waals surface area contributed by atoms with Gasteiger partial charge in [0, 0.05) is 0 Å². The molecule has 6 nitrogen and oxygen atoms in total. The molecule has 2 aliphatic rings. The number of amides is 2. The molecule has 0 spiro atoms. The molecule has 2 aliphatic heterocycles. The van der Waals surface area contributed by atoms with Gasteiger partial charge in [0.1, 0.15) is 5.82 Å². The highest BCUT2D eigenvalue weighted by Gasteiger charge is 2.55. The van der Waals surface area contributed by atoms with Gasteiger partial charge in [-0.05, 0) is 37.3 Å². The summed E-state index contributed by atoms with van der Waals surface area (Å²) < 4.78 is 13.5. The number of nitrogens with zero attached hydrogens (tertiary/aromatic N) is 4. The minimum Gasteiger partial charge on any atom is -0.271 e. The van der Waals surface area contributed by atoms with Gasteiger partial charge in [0.15, 0.2) is 12.1 Å². The predicted molar refractivity (Wildman–Crippen MR) is 85.0 cm³/mol. The molecule has 24 heavy (non-hydrogen) atoms. The summed E-state index contributed by atoms with van der Waals surface area (Å²) in [5.74, 6) is -1.28. The Morgan fingerprint density at radius 1 is 1.00 bits per heavy atom. The average Bonchev–Trinajstić information content (AvgIpc) is 3.10. The fourth-order valence-electron chi connectivity index (χ4n) is 2.94. The molecule has 1 saturated heterocycles. The van der Waals surface area contributed by atoms with Crippen molar-refractivity contribution in [1.29, 1.82) is 0 Å². The number of carbonyl (C=O) groups is 2. The molecule has 2 aromatic carbocycles. The van der Waals surface area contributed by atoms with Crippen molar-refractivity contribution in [3.8, 4) is 0 Å². The smallest absolute Gasteiger partial charge is 0.263 e. The Morgan fingerprint density at radius 2 is 1.75 bits per heavy atom. The van der Waals surface area contributed by atoms with Gasteiger partial charge in [-0.3, -0.25) is 9.59 Å². The summed E-state index contributed by atoms with van der Waals surface area (Å²) in [5, 5.41) is 9.13. The van der Waals surface area contributed by atoms with Gasteiger partial charge in [0.2, 0.25) is 0 Å². The number of fused-ring (bicyclic) bond motifs is 1. The zero-order valence-electron chi connectivity index (χ0n) is 12.8. The van der Waals surface area contributed by atoms with Gasteiger partial charge in [0.05, 0.1) is 11.4 Å². The van der Waals surface area contributed by atoms with E-state index < -0.39 is 29.7 Å². The first-order chi connectivity index (χ1) is 11.6. The van der Waals surface area contributed by atoms with E-state index in [0.29, 0.717) is 11.4 Å². The highest BCUT2D eigenvalue weighted by atomic mass is 19.1. The Bertz CT molecular complexity index is 865. The third-order valence-electron chi connectivity index (χ3n) is 4.15. The van der Waals surface area contributed by atoms with Crippen molar-refractivity contribution in [2.45, 2.75) is 19.0 Å². The molecule has 2 atom stereocenters. The molecule has 0 saturated carbocycles. The molecule has 120 valence electrons. The predicted octanol–water partition coefficient (Wildman–Crippen LogP) is 2.63. The Hall–Kier alpha value is -3.09. The van der Waals surface area contributed by atoms with Gasteiger partial charge in [-0.2, -0.15) is 5.11 Å². The maximum Gasteiger partial charge on any atom is 0.263 e. The number of imide groups is 1. The average molecular weight is 324 g/mol. The van der Waals surface area contributed by atoms with Crippen molar-refractivity contribution in [3.05, 3.63) is 59.9 Å². The van der Waals surface area contributed by atoms with E-state index in [0.717, 1.165) is 10.5 Å². The van der Waals surface area contributed by atoms with Gasteiger partial charge in [0.25, 0.3) is 11.8 Å². The van der Waals surface area contributed by atoms with Crippen molar-refractivity contribution >= 4 is 23.2 Å². The summed E-state index contributed by atoms with van der Waals surface area (Å²) in [4.78, 5) is 26.5. The van der Waals surface area contributed by atoms with E-state index in [9.17, 15) is 14.0 Å². The second kappa shape index (κ2) is 5.23. The molecule has 2 heterocycles. The normalized spacial score (nSPS) is 22.4. The van der Waals surface area contributed by atoms with Gasteiger partial charge < -0.3 is 0 Å². The quantitative estimate of drug-likeness (QED) is 0.798. The van der Waals surface area contributed by atoms with Crippen LogP contribution < -0.4 is 9.91 Å². The van der Waals surface area contributed by atoms with E-state index in [1.54, 1.807) is 18.2 Å². The van der Waals surface area contributed by atoms with E-state index in [4.69, 9.17) is 0 Å². The Kier molecular flexibility index (Phi) is 3.16. The van der Waals surface area contributed by atoms with Crippen LogP contribution in [0.1, 0.15) is 5.56 Å². The lowest BCUT2D eigenvalue weighted by Gasteiger charge is -2.20. The Balaban J connectivity index is 1.70. The molecule has 2 amide bonds. The number of carbonyl (C=O) groups excluding carboxylic acids is 2. The van der Waals surface area contributed by atoms with Crippen LogP contribution in [0.4, 0.5) is 15.8 Å². The number of anilines is 2. The zero-order chi connectivity index (χ0) is 16.8. The van der Waals surface area contributed by atoms with E-state index in [-0.39, 0.29) is 0 Å². The lowest BCUT2D eigenvalue weighted by molar-refractivity contribution is -0.121. The third-order valence-corrected chi connectivity index (χ3v) is 4.15. The van der Waals surface area contributed by atoms with Crippen molar-refractivity contribution in [2.24, 2.45) is 10.3 Å². The van der Waals surface area contributed by atoms with E-state index in [1.165, 1.54) is 23.2 Å².